The van der Waals surface area contributed by atoms with Gasteiger partial charge in [-0.25, -0.2) is 0 Å². The van der Waals surface area contributed by atoms with Gasteiger partial charge >= 0.3 is 0 Å². The third-order valence-corrected chi connectivity index (χ3v) is 5.34. The Labute approximate surface area is 140 Å². The molecule has 1 aliphatic carbocycles. The zero-order valence-corrected chi connectivity index (χ0v) is 13.7. The van der Waals surface area contributed by atoms with E-state index in [9.17, 15) is 9.59 Å². The molecule has 1 aromatic carbocycles. The minimum atomic E-state index is -0.253. The number of hydrogen-bond donors (Lipinski definition) is 0. The lowest BCUT2D eigenvalue weighted by molar-refractivity contribution is -0.140. The zero-order chi connectivity index (χ0) is 16.0. The molecule has 5 nitrogen and oxygen atoms in total. The summed E-state index contributed by atoms with van der Waals surface area (Å²) in [5.74, 6) is 0.0275. The first-order chi connectivity index (χ1) is 11.1. The third-order valence-electron chi connectivity index (χ3n) is 5.02. The minimum Gasteiger partial charge on any atom is -0.368 e. The second-order valence-corrected chi connectivity index (χ2v) is 6.93. The molecule has 1 unspecified atom stereocenters. The lowest BCUT2D eigenvalue weighted by Gasteiger charge is -2.38. The number of carbonyl (C=O) groups excluding carboxylic acids is 2. The highest BCUT2D eigenvalue weighted by Crippen LogP contribution is 2.33. The third kappa shape index (κ3) is 2.72. The van der Waals surface area contributed by atoms with Crippen molar-refractivity contribution in [2.45, 2.75) is 31.3 Å². The summed E-state index contributed by atoms with van der Waals surface area (Å²) in [7, 11) is 0. The fourth-order valence-electron chi connectivity index (χ4n) is 3.62. The number of imide groups is 1. The van der Waals surface area contributed by atoms with Crippen LogP contribution >= 0.6 is 11.6 Å². The number of likely N-dealkylation sites (tertiary alicyclic amines) is 1. The van der Waals surface area contributed by atoms with Gasteiger partial charge in [0.15, 0.2) is 0 Å². The van der Waals surface area contributed by atoms with Gasteiger partial charge in [0, 0.05) is 32.2 Å². The lowest BCUT2D eigenvalue weighted by Crippen LogP contribution is -2.52. The summed E-state index contributed by atoms with van der Waals surface area (Å²) in [4.78, 5) is 30.6. The average molecular weight is 334 g/mol. The molecule has 2 amide bonds. The van der Waals surface area contributed by atoms with Crippen LogP contribution in [0.1, 0.15) is 19.3 Å². The van der Waals surface area contributed by atoms with Crippen LogP contribution in [0.15, 0.2) is 24.3 Å². The number of benzene rings is 1. The highest BCUT2D eigenvalue weighted by Gasteiger charge is 2.48. The van der Waals surface area contributed by atoms with E-state index in [4.69, 9.17) is 11.6 Å². The number of rotatable bonds is 3. The van der Waals surface area contributed by atoms with Crippen molar-refractivity contribution in [3.05, 3.63) is 29.3 Å². The van der Waals surface area contributed by atoms with E-state index in [1.807, 2.05) is 24.3 Å². The molecule has 0 spiro atoms. The normalized spacial score (nSPS) is 26.2. The van der Waals surface area contributed by atoms with Gasteiger partial charge in [0.05, 0.1) is 23.2 Å². The molecule has 0 aromatic heterocycles. The number of piperazine rings is 1. The summed E-state index contributed by atoms with van der Waals surface area (Å²) in [6.07, 6.45) is 2.30. The molecule has 23 heavy (non-hydrogen) atoms. The standard InChI is InChI=1S/C17H20ClN3O2/c18-13-3-1-2-4-14(13)19-7-9-20(10-8-19)15-11-16(22)21(17(15)23)12-5-6-12/h1-4,12,15H,5-11H2. The second kappa shape index (κ2) is 5.80. The van der Waals surface area contributed by atoms with Crippen molar-refractivity contribution >= 4 is 29.1 Å². The lowest BCUT2D eigenvalue weighted by atomic mass is 10.1. The molecule has 0 bridgehead atoms. The van der Waals surface area contributed by atoms with Crippen LogP contribution in [-0.4, -0.2) is 59.9 Å². The van der Waals surface area contributed by atoms with E-state index in [0.29, 0.717) is 6.42 Å². The number of para-hydroxylation sites is 1. The first-order valence-electron chi connectivity index (χ1n) is 8.24. The van der Waals surface area contributed by atoms with Crippen molar-refractivity contribution in [2.75, 3.05) is 31.1 Å². The first kappa shape index (κ1) is 15.0. The molecule has 3 fully saturated rings. The number of carbonyl (C=O) groups is 2. The van der Waals surface area contributed by atoms with E-state index in [-0.39, 0.29) is 23.9 Å². The summed E-state index contributed by atoms with van der Waals surface area (Å²) >= 11 is 6.26. The Morgan fingerprint density at radius 3 is 2.35 bits per heavy atom. The van der Waals surface area contributed by atoms with Crippen molar-refractivity contribution in [3.63, 3.8) is 0 Å². The Kier molecular flexibility index (Phi) is 3.77. The highest BCUT2D eigenvalue weighted by molar-refractivity contribution is 6.33. The maximum absolute atomic E-state index is 12.5. The van der Waals surface area contributed by atoms with Crippen molar-refractivity contribution in [1.29, 1.82) is 0 Å². The van der Waals surface area contributed by atoms with Crippen LogP contribution in [0.4, 0.5) is 5.69 Å². The van der Waals surface area contributed by atoms with Crippen molar-refractivity contribution in [1.82, 2.24) is 9.80 Å². The average Bonchev–Trinajstić information content (AvgIpc) is 3.34. The molecule has 2 heterocycles. The van der Waals surface area contributed by atoms with E-state index in [2.05, 4.69) is 9.80 Å². The van der Waals surface area contributed by atoms with Gasteiger partial charge in [-0.05, 0) is 25.0 Å². The molecule has 4 rings (SSSR count). The summed E-state index contributed by atoms with van der Waals surface area (Å²) < 4.78 is 0. The van der Waals surface area contributed by atoms with Crippen LogP contribution in [0, 0.1) is 0 Å². The fraction of sp³-hybridized carbons (Fsp3) is 0.529. The maximum Gasteiger partial charge on any atom is 0.247 e. The van der Waals surface area contributed by atoms with E-state index in [1.165, 1.54) is 4.90 Å². The summed E-state index contributed by atoms with van der Waals surface area (Å²) in [5.41, 5.74) is 1.04. The predicted molar refractivity (Wildman–Crippen MR) is 88.5 cm³/mol. The Morgan fingerprint density at radius 1 is 1.00 bits per heavy atom. The summed E-state index contributed by atoms with van der Waals surface area (Å²) in [6, 6.07) is 7.77. The number of nitrogens with zero attached hydrogens (tertiary/aromatic N) is 3. The van der Waals surface area contributed by atoms with Gasteiger partial charge in [-0.15, -0.1) is 0 Å². The number of halogens is 1. The monoisotopic (exact) mass is 333 g/mol. The Balaban J connectivity index is 1.41. The van der Waals surface area contributed by atoms with E-state index in [0.717, 1.165) is 49.7 Å². The van der Waals surface area contributed by atoms with E-state index >= 15 is 0 Å². The van der Waals surface area contributed by atoms with Gasteiger partial charge in [0.1, 0.15) is 0 Å². The molecule has 1 atom stereocenters. The molecule has 1 aromatic rings. The van der Waals surface area contributed by atoms with Crippen molar-refractivity contribution in [3.8, 4) is 0 Å². The van der Waals surface area contributed by atoms with Crippen molar-refractivity contribution in [2.24, 2.45) is 0 Å². The fourth-order valence-corrected chi connectivity index (χ4v) is 3.87. The van der Waals surface area contributed by atoms with Gasteiger partial charge in [0.25, 0.3) is 0 Å². The minimum absolute atomic E-state index is 0.0102. The highest BCUT2D eigenvalue weighted by atomic mass is 35.5. The molecule has 6 heteroatoms. The maximum atomic E-state index is 12.5. The molecule has 1 saturated carbocycles. The molecule has 2 aliphatic heterocycles. The van der Waals surface area contributed by atoms with Crippen LogP contribution in [-0.2, 0) is 9.59 Å². The van der Waals surface area contributed by atoms with Crippen molar-refractivity contribution < 1.29 is 9.59 Å². The molecule has 2 saturated heterocycles. The molecule has 122 valence electrons. The molecular weight excluding hydrogens is 314 g/mol. The van der Waals surface area contributed by atoms with Crippen LogP contribution in [0.2, 0.25) is 5.02 Å². The molecular formula is C17H20ClN3O2. The quantitative estimate of drug-likeness (QED) is 0.791. The van der Waals surface area contributed by atoms with Crippen LogP contribution in [0.3, 0.4) is 0 Å². The van der Waals surface area contributed by atoms with Crippen LogP contribution in [0.25, 0.3) is 0 Å². The smallest absolute Gasteiger partial charge is 0.247 e. The van der Waals surface area contributed by atoms with Crippen LogP contribution in [0.5, 0.6) is 0 Å². The first-order valence-corrected chi connectivity index (χ1v) is 8.62. The number of hydrogen-bond acceptors (Lipinski definition) is 4. The second-order valence-electron chi connectivity index (χ2n) is 6.53. The Morgan fingerprint density at radius 2 is 1.70 bits per heavy atom. The Hall–Kier alpha value is -1.59. The van der Waals surface area contributed by atoms with Gasteiger partial charge in [-0.1, -0.05) is 23.7 Å². The van der Waals surface area contributed by atoms with E-state index < -0.39 is 0 Å². The van der Waals surface area contributed by atoms with Crippen LogP contribution < -0.4 is 4.90 Å². The Bertz CT molecular complexity index is 638. The van der Waals surface area contributed by atoms with Gasteiger partial charge in [0.2, 0.25) is 11.8 Å². The zero-order valence-electron chi connectivity index (χ0n) is 12.9. The van der Waals surface area contributed by atoms with Gasteiger partial charge < -0.3 is 4.90 Å². The summed E-state index contributed by atoms with van der Waals surface area (Å²) in [6.45, 7) is 3.22. The van der Waals surface area contributed by atoms with Gasteiger partial charge in [-0.3, -0.25) is 19.4 Å². The number of amides is 2. The summed E-state index contributed by atoms with van der Waals surface area (Å²) in [5, 5.41) is 0.757. The van der Waals surface area contributed by atoms with E-state index in [1.54, 1.807) is 0 Å². The predicted octanol–water partition coefficient (Wildman–Crippen LogP) is 1.75. The number of anilines is 1. The molecule has 0 radical (unpaired) electrons. The largest absolute Gasteiger partial charge is 0.368 e. The topological polar surface area (TPSA) is 43.9 Å². The van der Waals surface area contributed by atoms with Gasteiger partial charge in [-0.2, -0.15) is 0 Å². The SMILES string of the molecule is O=C1CC(N2CCN(c3ccccc3Cl)CC2)C(=O)N1C1CC1. The molecule has 3 aliphatic rings. The molecule has 0 N–H and O–H groups in total.